The number of piperazine rings is 1. The van der Waals surface area contributed by atoms with E-state index < -0.39 is 5.82 Å². The molecule has 2 aromatic heterocycles. The lowest BCUT2D eigenvalue weighted by molar-refractivity contribution is 0.419. The number of benzene rings is 2. The number of methoxy groups -OCH3 is 1. The third-order valence-electron chi connectivity index (χ3n) is 5.57. The molecule has 0 atom stereocenters. The second kappa shape index (κ2) is 7.37. The molecule has 0 saturated carbocycles. The molecule has 1 saturated heterocycles. The normalized spacial score (nSPS) is 14.6. The number of aromatic amines is 1. The minimum absolute atomic E-state index is 0.182. The van der Waals surface area contributed by atoms with E-state index in [1.165, 1.54) is 13.4 Å². The van der Waals surface area contributed by atoms with Crippen molar-refractivity contribution in [2.24, 2.45) is 0 Å². The van der Waals surface area contributed by atoms with Gasteiger partial charge in [0, 0.05) is 37.3 Å². The van der Waals surface area contributed by atoms with Gasteiger partial charge in [-0.1, -0.05) is 17.7 Å². The maximum atomic E-state index is 16.0. The average molecular weight is 427 g/mol. The maximum Gasteiger partial charge on any atom is 0.159 e. The summed E-state index contributed by atoms with van der Waals surface area (Å²) in [5, 5.41) is 3.98. The summed E-state index contributed by atoms with van der Waals surface area (Å²) in [7, 11) is 1.53. The van der Waals surface area contributed by atoms with Crippen molar-refractivity contribution in [2.75, 3.05) is 38.2 Å². The van der Waals surface area contributed by atoms with Gasteiger partial charge >= 0.3 is 0 Å². The summed E-state index contributed by atoms with van der Waals surface area (Å²) >= 11 is 6.79. The van der Waals surface area contributed by atoms with Crippen molar-refractivity contribution in [3.63, 3.8) is 0 Å². The summed E-state index contributed by atoms with van der Waals surface area (Å²) in [6.07, 6.45) is 2.98. The largest absolute Gasteiger partial charge is 0.494 e. The van der Waals surface area contributed by atoms with Crippen LogP contribution in [-0.4, -0.2) is 53.2 Å². The number of H-pyrrole nitrogens is 1. The number of nitrogens with zero attached hydrogens (tertiary/aromatic N) is 4. The monoisotopic (exact) mass is 426 g/mol. The van der Waals surface area contributed by atoms with E-state index in [4.69, 9.17) is 16.3 Å². The van der Waals surface area contributed by atoms with Crippen molar-refractivity contribution in [2.45, 2.75) is 6.92 Å². The lowest BCUT2D eigenvalue weighted by atomic mass is 9.96. The number of imidazole rings is 1. The van der Waals surface area contributed by atoms with Crippen LogP contribution in [0.2, 0.25) is 5.02 Å². The van der Waals surface area contributed by atoms with E-state index in [0.717, 1.165) is 37.3 Å². The SMILES string of the molecule is COc1c(Cl)c(-c2c(C)ccc3[nH]cnc23)c(F)c2ncnc(N3CCNCC3)c12. The average Bonchev–Trinajstić information content (AvgIpc) is 3.25. The molecule has 2 aromatic carbocycles. The summed E-state index contributed by atoms with van der Waals surface area (Å²) in [5.41, 5.74) is 3.35. The highest BCUT2D eigenvalue weighted by atomic mass is 35.5. The first kappa shape index (κ1) is 19.0. The van der Waals surface area contributed by atoms with Gasteiger partial charge in [-0.15, -0.1) is 0 Å². The molecule has 1 aliphatic heterocycles. The van der Waals surface area contributed by atoms with Crippen LogP contribution < -0.4 is 15.0 Å². The van der Waals surface area contributed by atoms with Gasteiger partial charge in [0.1, 0.15) is 17.7 Å². The Morgan fingerprint density at radius 1 is 1.10 bits per heavy atom. The fourth-order valence-corrected chi connectivity index (χ4v) is 4.49. The molecule has 0 amide bonds. The minimum atomic E-state index is -0.506. The molecule has 154 valence electrons. The summed E-state index contributed by atoms with van der Waals surface area (Å²) in [4.78, 5) is 18.3. The van der Waals surface area contributed by atoms with Crippen molar-refractivity contribution in [3.05, 3.63) is 41.2 Å². The molecule has 0 bridgehead atoms. The fraction of sp³-hybridized carbons (Fsp3) is 0.286. The van der Waals surface area contributed by atoms with Gasteiger partial charge in [-0.25, -0.2) is 19.3 Å². The second-order valence-electron chi connectivity index (χ2n) is 7.25. The van der Waals surface area contributed by atoms with Gasteiger partial charge in [-0.2, -0.15) is 0 Å². The number of fused-ring (bicyclic) bond motifs is 2. The zero-order valence-corrected chi connectivity index (χ0v) is 17.3. The molecule has 30 heavy (non-hydrogen) atoms. The van der Waals surface area contributed by atoms with Gasteiger partial charge in [0.05, 0.1) is 34.9 Å². The van der Waals surface area contributed by atoms with E-state index in [2.05, 4.69) is 30.2 Å². The lowest BCUT2D eigenvalue weighted by Gasteiger charge is -2.29. The first-order valence-corrected chi connectivity index (χ1v) is 10.1. The van der Waals surface area contributed by atoms with Crippen LogP contribution in [0.1, 0.15) is 5.56 Å². The van der Waals surface area contributed by atoms with Gasteiger partial charge < -0.3 is 19.9 Å². The molecule has 0 spiro atoms. The van der Waals surface area contributed by atoms with Gasteiger partial charge in [-0.05, 0) is 18.6 Å². The van der Waals surface area contributed by atoms with Crippen LogP contribution >= 0.6 is 11.6 Å². The maximum absolute atomic E-state index is 16.0. The molecule has 7 nitrogen and oxygen atoms in total. The predicted octanol–water partition coefficient (Wildman–Crippen LogP) is 3.69. The zero-order valence-electron chi connectivity index (χ0n) is 16.6. The molecule has 4 aromatic rings. The number of aryl methyl sites for hydroxylation is 1. The van der Waals surface area contributed by atoms with Crippen molar-refractivity contribution in [3.8, 4) is 16.9 Å². The number of hydrogen-bond donors (Lipinski definition) is 2. The topological polar surface area (TPSA) is 79.0 Å². The molecular formula is C21H20ClFN6O. The predicted molar refractivity (Wildman–Crippen MR) is 116 cm³/mol. The van der Waals surface area contributed by atoms with Crippen molar-refractivity contribution < 1.29 is 9.13 Å². The Hall–Kier alpha value is -2.97. The number of hydrogen-bond acceptors (Lipinski definition) is 6. The molecule has 2 N–H and O–H groups in total. The third-order valence-corrected chi connectivity index (χ3v) is 5.93. The van der Waals surface area contributed by atoms with Crippen LogP contribution in [0.25, 0.3) is 33.1 Å². The molecule has 1 fully saturated rings. The van der Waals surface area contributed by atoms with Gasteiger partial charge in [0.15, 0.2) is 11.6 Å². The van der Waals surface area contributed by atoms with E-state index in [1.807, 2.05) is 19.1 Å². The first-order chi connectivity index (χ1) is 14.6. The standard InChI is InChI=1S/C21H20ClFN6O/c1-11-3-4-12-18(26-9-25-12)13(11)14-16(22)20(30-2)15-19(17(14)23)27-10-28-21(15)29-7-5-24-6-8-29/h3-4,9-10,24H,5-8H2,1-2H3,(H,25,26). The van der Waals surface area contributed by atoms with Crippen molar-refractivity contribution in [1.29, 1.82) is 0 Å². The molecular weight excluding hydrogens is 407 g/mol. The number of anilines is 1. The zero-order chi connectivity index (χ0) is 20.8. The summed E-state index contributed by atoms with van der Waals surface area (Å²) in [5.74, 6) is 0.484. The lowest BCUT2D eigenvalue weighted by Crippen LogP contribution is -2.44. The van der Waals surface area contributed by atoms with Crippen LogP contribution in [0.15, 0.2) is 24.8 Å². The molecule has 0 radical (unpaired) electrons. The van der Waals surface area contributed by atoms with E-state index in [1.54, 1.807) is 6.33 Å². The highest BCUT2D eigenvalue weighted by Gasteiger charge is 2.28. The van der Waals surface area contributed by atoms with Crippen LogP contribution in [-0.2, 0) is 0 Å². The number of nitrogens with one attached hydrogen (secondary N) is 2. The highest BCUT2D eigenvalue weighted by molar-refractivity contribution is 6.37. The first-order valence-electron chi connectivity index (χ1n) is 9.70. The summed E-state index contributed by atoms with van der Waals surface area (Å²) < 4.78 is 21.7. The van der Waals surface area contributed by atoms with Gasteiger partial charge in [0.2, 0.25) is 0 Å². The van der Waals surface area contributed by atoms with E-state index in [-0.39, 0.29) is 16.1 Å². The van der Waals surface area contributed by atoms with E-state index in [0.29, 0.717) is 28.0 Å². The van der Waals surface area contributed by atoms with Crippen molar-refractivity contribution >= 4 is 39.4 Å². The van der Waals surface area contributed by atoms with E-state index in [9.17, 15) is 0 Å². The Labute approximate surface area is 177 Å². The summed E-state index contributed by atoms with van der Waals surface area (Å²) in [6.45, 7) is 5.05. The van der Waals surface area contributed by atoms with Crippen LogP contribution in [0.3, 0.4) is 0 Å². The third kappa shape index (κ3) is 2.79. The smallest absolute Gasteiger partial charge is 0.159 e. The quantitative estimate of drug-likeness (QED) is 0.520. The van der Waals surface area contributed by atoms with Crippen LogP contribution in [0, 0.1) is 12.7 Å². The van der Waals surface area contributed by atoms with Gasteiger partial charge in [-0.3, -0.25) is 0 Å². The van der Waals surface area contributed by atoms with Crippen LogP contribution in [0.5, 0.6) is 5.75 Å². The van der Waals surface area contributed by atoms with Gasteiger partial charge in [0.25, 0.3) is 0 Å². The number of ether oxygens (including phenoxy) is 1. The molecule has 5 rings (SSSR count). The fourth-order valence-electron chi connectivity index (χ4n) is 4.14. The molecule has 0 aliphatic carbocycles. The molecule has 0 unspecified atom stereocenters. The number of rotatable bonds is 3. The Kier molecular flexibility index (Phi) is 4.67. The van der Waals surface area contributed by atoms with Crippen molar-refractivity contribution in [1.82, 2.24) is 25.3 Å². The molecule has 9 heteroatoms. The Balaban J connectivity index is 1.86. The molecule has 1 aliphatic rings. The molecule has 3 heterocycles. The highest BCUT2D eigenvalue weighted by Crippen LogP contribution is 2.47. The summed E-state index contributed by atoms with van der Waals surface area (Å²) in [6, 6.07) is 3.82. The number of halogens is 2. The number of aromatic nitrogens is 4. The van der Waals surface area contributed by atoms with Crippen LogP contribution in [0.4, 0.5) is 10.2 Å². The second-order valence-corrected chi connectivity index (χ2v) is 7.63. The Bertz CT molecular complexity index is 1270. The van der Waals surface area contributed by atoms with E-state index >= 15 is 4.39 Å². The Morgan fingerprint density at radius 3 is 2.67 bits per heavy atom. The minimum Gasteiger partial charge on any atom is -0.494 e. The Morgan fingerprint density at radius 2 is 1.90 bits per heavy atom.